The third-order valence-electron chi connectivity index (χ3n) is 5.11. The molecule has 0 saturated carbocycles. The summed E-state index contributed by atoms with van der Waals surface area (Å²) >= 11 is 0. The number of hydrogen-bond donors (Lipinski definition) is 3. The van der Waals surface area contributed by atoms with E-state index in [4.69, 9.17) is 4.74 Å². The minimum Gasteiger partial charge on any atom is -0.390 e. The highest BCUT2D eigenvalue weighted by atomic mass is 16.6. The maximum atomic E-state index is 10.3. The summed E-state index contributed by atoms with van der Waals surface area (Å²) < 4.78 is 5.81. The second-order valence-electron chi connectivity index (χ2n) is 7.23. The average Bonchev–Trinajstić information content (AvgIpc) is 2.82. The lowest BCUT2D eigenvalue weighted by atomic mass is 9.87. The van der Waals surface area contributed by atoms with Crippen LogP contribution in [0.15, 0.2) is 12.4 Å². The molecule has 1 aromatic rings. The van der Waals surface area contributed by atoms with Gasteiger partial charge in [-0.1, -0.05) is 26.0 Å². The lowest BCUT2D eigenvalue weighted by molar-refractivity contribution is -0.0832. The molecule has 24 heavy (non-hydrogen) atoms. The molecular formula is C18H26N2O4. The molecule has 0 aromatic carbocycles. The topological polar surface area (TPSA) is 95.7 Å². The van der Waals surface area contributed by atoms with Crippen molar-refractivity contribution in [2.24, 2.45) is 11.8 Å². The quantitative estimate of drug-likeness (QED) is 0.756. The van der Waals surface area contributed by atoms with Crippen LogP contribution in [-0.2, 0) is 11.2 Å². The molecule has 1 aliphatic heterocycles. The monoisotopic (exact) mass is 334 g/mol. The highest BCUT2D eigenvalue weighted by molar-refractivity contribution is 5.56. The molecule has 6 heteroatoms. The first kappa shape index (κ1) is 17.5. The van der Waals surface area contributed by atoms with Crippen LogP contribution in [0.4, 0.5) is 0 Å². The summed E-state index contributed by atoms with van der Waals surface area (Å²) in [6.07, 6.45) is 2.97. The number of aryl methyl sites for hydroxylation is 1. The van der Waals surface area contributed by atoms with Gasteiger partial charge in [0.2, 0.25) is 0 Å². The molecular weight excluding hydrogens is 308 g/mol. The fourth-order valence-electron chi connectivity index (χ4n) is 3.56. The number of hydrogen-bond acceptors (Lipinski definition) is 6. The van der Waals surface area contributed by atoms with Gasteiger partial charge >= 0.3 is 0 Å². The van der Waals surface area contributed by atoms with Gasteiger partial charge in [0, 0.05) is 11.3 Å². The van der Waals surface area contributed by atoms with Crippen LogP contribution >= 0.6 is 0 Å². The van der Waals surface area contributed by atoms with Crippen LogP contribution in [0.3, 0.4) is 0 Å². The van der Waals surface area contributed by atoms with Crippen molar-refractivity contribution < 1.29 is 20.1 Å². The summed E-state index contributed by atoms with van der Waals surface area (Å²) in [6.45, 7) is 5.69. The lowest BCUT2D eigenvalue weighted by Gasteiger charge is -2.25. The fraction of sp³-hybridized carbons (Fsp3) is 0.667. The molecule has 0 amide bonds. The van der Waals surface area contributed by atoms with E-state index in [-0.39, 0.29) is 11.8 Å². The summed E-state index contributed by atoms with van der Waals surface area (Å²) in [5.41, 5.74) is 3.03. The van der Waals surface area contributed by atoms with Crippen molar-refractivity contribution in [1.29, 1.82) is 0 Å². The number of ether oxygens (including phenoxy) is 1. The maximum Gasteiger partial charge on any atom is 0.115 e. The third-order valence-corrected chi connectivity index (χ3v) is 5.11. The largest absolute Gasteiger partial charge is 0.390 e. The zero-order chi connectivity index (χ0) is 17.4. The van der Waals surface area contributed by atoms with E-state index in [1.54, 1.807) is 6.33 Å². The molecule has 1 saturated heterocycles. The van der Waals surface area contributed by atoms with Crippen LogP contribution in [0.2, 0.25) is 0 Å². The maximum absolute atomic E-state index is 10.3. The summed E-state index contributed by atoms with van der Waals surface area (Å²) in [5, 5.41) is 30.7. The van der Waals surface area contributed by atoms with Crippen LogP contribution in [0.1, 0.15) is 37.2 Å². The summed E-state index contributed by atoms with van der Waals surface area (Å²) in [4.78, 5) is 8.55. The van der Waals surface area contributed by atoms with Crippen LogP contribution in [0.25, 0.3) is 6.08 Å². The predicted octanol–water partition coefficient (Wildman–Crippen LogP) is 0.867. The lowest BCUT2D eigenvalue weighted by Crippen LogP contribution is -2.41. The number of aromatic nitrogens is 2. The van der Waals surface area contributed by atoms with Gasteiger partial charge in [-0.05, 0) is 31.6 Å². The van der Waals surface area contributed by atoms with E-state index in [1.807, 2.05) is 26.8 Å². The van der Waals surface area contributed by atoms with Crippen molar-refractivity contribution in [3.63, 3.8) is 0 Å². The molecule has 2 heterocycles. The Kier molecular flexibility index (Phi) is 5.01. The molecule has 1 aromatic heterocycles. The van der Waals surface area contributed by atoms with E-state index in [0.717, 1.165) is 23.4 Å². The number of rotatable bonds is 4. The second kappa shape index (κ2) is 6.88. The Bertz CT molecular complexity index is 619. The average molecular weight is 334 g/mol. The number of nitrogens with zero attached hydrogens (tertiary/aromatic N) is 2. The molecule has 3 rings (SSSR count). The molecule has 1 fully saturated rings. The van der Waals surface area contributed by atoms with Gasteiger partial charge in [-0.25, -0.2) is 9.97 Å². The SMILES string of the molecule is Cc1ncnc2c1C=CC(CC1OC(C(O)C(C)C)C(O)C1O)C2. The van der Waals surface area contributed by atoms with E-state index in [2.05, 4.69) is 16.0 Å². The summed E-state index contributed by atoms with van der Waals surface area (Å²) in [6, 6.07) is 0. The highest BCUT2D eigenvalue weighted by Gasteiger charge is 2.46. The molecule has 132 valence electrons. The molecule has 6 atom stereocenters. The Morgan fingerprint density at radius 1 is 1.25 bits per heavy atom. The van der Waals surface area contributed by atoms with E-state index in [0.29, 0.717) is 6.42 Å². The van der Waals surface area contributed by atoms with Gasteiger partial charge < -0.3 is 20.1 Å². The van der Waals surface area contributed by atoms with Crippen molar-refractivity contribution in [2.45, 2.75) is 64.1 Å². The summed E-state index contributed by atoms with van der Waals surface area (Å²) in [7, 11) is 0. The standard InChI is InChI=1S/C18H26N2O4/c1-9(2)15(21)18-17(23)16(22)14(24-18)7-11-4-5-12-10(3)19-8-20-13(12)6-11/h4-5,8-9,11,14-18,21-23H,6-7H2,1-3H3. The van der Waals surface area contributed by atoms with Gasteiger partial charge in [-0.15, -0.1) is 0 Å². The fourth-order valence-corrected chi connectivity index (χ4v) is 3.56. The first-order chi connectivity index (χ1) is 11.4. The van der Waals surface area contributed by atoms with Crippen molar-refractivity contribution >= 4 is 6.08 Å². The molecule has 6 unspecified atom stereocenters. The van der Waals surface area contributed by atoms with E-state index < -0.39 is 30.5 Å². The Balaban J connectivity index is 1.67. The zero-order valence-corrected chi connectivity index (χ0v) is 14.3. The van der Waals surface area contributed by atoms with Crippen LogP contribution in [-0.4, -0.2) is 55.8 Å². The van der Waals surface area contributed by atoms with Gasteiger partial charge in [0.15, 0.2) is 0 Å². The second-order valence-corrected chi connectivity index (χ2v) is 7.23. The van der Waals surface area contributed by atoms with Gasteiger partial charge in [0.1, 0.15) is 24.6 Å². The number of aliphatic hydroxyl groups excluding tert-OH is 3. The molecule has 0 radical (unpaired) electrons. The first-order valence-corrected chi connectivity index (χ1v) is 8.56. The van der Waals surface area contributed by atoms with Gasteiger partial charge in [-0.3, -0.25) is 0 Å². The van der Waals surface area contributed by atoms with Crippen LogP contribution in [0, 0.1) is 18.8 Å². The van der Waals surface area contributed by atoms with Gasteiger partial charge in [0.05, 0.1) is 17.9 Å². The molecule has 3 N–H and O–H groups in total. The highest BCUT2D eigenvalue weighted by Crippen LogP contribution is 2.33. The minimum atomic E-state index is -1.06. The van der Waals surface area contributed by atoms with Gasteiger partial charge in [-0.2, -0.15) is 0 Å². The third kappa shape index (κ3) is 3.24. The van der Waals surface area contributed by atoms with Crippen molar-refractivity contribution in [2.75, 3.05) is 0 Å². The van der Waals surface area contributed by atoms with E-state index in [1.165, 1.54) is 0 Å². The first-order valence-electron chi connectivity index (χ1n) is 8.56. The van der Waals surface area contributed by atoms with Crippen LogP contribution in [0.5, 0.6) is 0 Å². The van der Waals surface area contributed by atoms with Crippen molar-refractivity contribution in [3.05, 3.63) is 29.4 Å². The molecule has 0 spiro atoms. The predicted molar refractivity (Wildman–Crippen MR) is 89.1 cm³/mol. The number of fused-ring (bicyclic) bond motifs is 1. The van der Waals surface area contributed by atoms with E-state index >= 15 is 0 Å². The number of allylic oxidation sites excluding steroid dienone is 1. The zero-order valence-electron chi connectivity index (χ0n) is 14.3. The Labute approximate surface area is 142 Å². The Morgan fingerprint density at radius 3 is 2.71 bits per heavy atom. The molecule has 1 aliphatic carbocycles. The Hall–Kier alpha value is -1.34. The smallest absolute Gasteiger partial charge is 0.115 e. The summed E-state index contributed by atoms with van der Waals surface area (Å²) in [5.74, 6) is 0.130. The number of aliphatic hydroxyl groups is 3. The Morgan fingerprint density at radius 2 is 2.00 bits per heavy atom. The minimum absolute atomic E-state index is 0.0447. The molecule has 0 bridgehead atoms. The normalized spacial score (nSPS) is 33.7. The molecule has 6 nitrogen and oxygen atoms in total. The van der Waals surface area contributed by atoms with Crippen molar-refractivity contribution in [1.82, 2.24) is 9.97 Å². The molecule has 2 aliphatic rings. The van der Waals surface area contributed by atoms with E-state index in [9.17, 15) is 15.3 Å². The van der Waals surface area contributed by atoms with Gasteiger partial charge in [0.25, 0.3) is 0 Å². The van der Waals surface area contributed by atoms with Crippen molar-refractivity contribution in [3.8, 4) is 0 Å². The van der Waals surface area contributed by atoms with Crippen LogP contribution < -0.4 is 0 Å².